The number of nitrogens with one attached hydrogen (secondary N) is 1. The number of carbonyl (C=O) groups is 1. The highest BCUT2D eigenvalue weighted by atomic mass is 35.5. The molecule has 1 aromatic heterocycles. The van der Waals surface area contributed by atoms with E-state index in [4.69, 9.17) is 11.6 Å². The number of alkyl halides is 3. The fourth-order valence-electron chi connectivity index (χ4n) is 2.85. The van der Waals surface area contributed by atoms with E-state index in [1.807, 2.05) is 4.90 Å². The number of nitrogens with zero attached hydrogens (tertiary/aromatic N) is 3. The van der Waals surface area contributed by atoms with Crippen LogP contribution < -0.4 is 10.2 Å². The maximum atomic E-state index is 12.9. The summed E-state index contributed by atoms with van der Waals surface area (Å²) in [6, 6.07) is 8.46. The van der Waals surface area contributed by atoms with Gasteiger partial charge in [-0.2, -0.15) is 13.2 Å². The van der Waals surface area contributed by atoms with Gasteiger partial charge in [-0.1, -0.05) is 23.7 Å². The number of amides is 2. The molecule has 5 nitrogen and oxygen atoms in total. The number of halogens is 4. The Morgan fingerprint density at radius 3 is 2.52 bits per heavy atom. The van der Waals surface area contributed by atoms with Gasteiger partial charge in [0.15, 0.2) is 0 Å². The van der Waals surface area contributed by atoms with Crippen LogP contribution in [0.25, 0.3) is 0 Å². The number of benzene rings is 1. The van der Waals surface area contributed by atoms with Gasteiger partial charge >= 0.3 is 12.2 Å². The highest BCUT2D eigenvalue weighted by molar-refractivity contribution is 6.29. The van der Waals surface area contributed by atoms with Gasteiger partial charge in [0.05, 0.1) is 5.56 Å². The smallest absolute Gasteiger partial charge is 0.368 e. The van der Waals surface area contributed by atoms with Gasteiger partial charge in [-0.25, -0.2) is 9.78 Å². The summed E-state index contributed by atoms with van der Waals surface area (Å²) in [5.74, 6) is 0. The van der Waals surface area contributed by atoms with E-state index in [0.29, 0.717) is 43.6 Å². The first kappa shape index (κ1) is 19.3. The number of aromatic nitrogens is 1. The zero-order valence-electron chi connectivity index (χ0n) is 14.3. The summed E-state index contributed by atoms with van der Waals surface area (Å²) in [4.78, 5) is 19.7. The Morgan fingerprint density at radius 1 is 1.15 bits per heavy atom. The summed E-state index contributed by atoms with van der Waals surface area (Å²) in [7, 11) is 0. The topological polar surface area (TPSA) is 48.5 Å². The molecule has 3 rings (SSSR count). The predicted octanol–water partition coefficient (Wildman–Crippen LogP) is 3.79. The second kappa shape index (κ2) is 8.04. The van der Waals surface area contributed by atoms with Crippen LogP contribution in [0.3, 0.4) is 0 Å². The molecule has 1 N–H and O–H groups in total. The Bertz CT molecular complexity index is 790. The van der Waals surface area contributed by atoms with Crippen LogP contribution in [-0.2, 0) is 12.7 Å². The van der Waals surface area contributed by atoms with Gasteiger partial charge in [0.1, 0.15) is 5.15 Å². The van der Waals surface area contributed by atoms with E-state index < -0.39 is 11.7 Å². The Hall–Kier alpha value is -2.48. The molecule has 9 heteroatoms. The maximum absolute atomic E-state index is 12.9. The monoisotopic (exact) mass is 398 g/mol. The largest absolute Gasteiger partial charge is 0.416 e. The van der Waals surface area contributed by atoms with Crippen molar-refractivity contribution in [3.05, 3.63) is 58.9 Å². The van der Waals surface area contributed by atoms with Crippen LogP contribution in [0.5, 0.6) is 0 Å². The van der Waals surface area contributed by atoms with E-state index in [1.165, 1.54) is 6.07 Å². The van der Waals surface area contributed by atoms with Crippen molar-refractivity contribution < 1.29 is 18.0 Å². The number of carbonyl (C=O) groups excluding carboxylic acids is 1. The van der Waals surface area contributed by atoms with Crippen LogP contribution in [0.2, 0.25) is 5.15 Å². The second-order valence-corrected chi connectivity index (χ2v) is 6.56. The minimum absolute atomic E-state index is 0.214. The molecule has 1 aromatic carbocycles. The van der Waals surface area contributed by atoms with Crippen molar-refractivity contribution in [3.8, 4) is 0 Å². The molecule has 0 saturated carbocycles. The van der Waals surface area contributed by atoms with E-state index in [2.05, 4.69) is 10.3 Å². The molecular formula is C18H18ClF3N4O. The molecule has 2 amide bonds. The van der Waals surface area contributed by atoms with Crippen molar-refractivity contribution in [1.82, 2.24) is 15.2 Å². The first-order valence-electron chi connectivity index (χ1n) is 8.38. The molecular weight excluding hydrogens is 381 g/mol. The zero-order chi connectivity index (χ0) is 19.4. The molecule has 0 bridgehead atoms. The summed E-state index contributed by atoms with van der Waals surface area (Å²) in [5.41, 5.74) is 0.671. The van der Waals surface area contributed by atoms with Gasteiger partial charge in [-0.05, 0) is 29.8 Å². The van der Waals surface area contributed by atoms with E-state index in [0.717, 1.165) is 17.7 Å². The molecule has 0 spiro atoms. The highest BCUT2D eigenvalue weighted by Gasteiger charge is 2.31. The number of urea groups is 1. The average Bonchev–Trinajstić information content (AvgIpc) is 2.67. The maximum Gasteiger partial charge on any atom is 0.416 e. The summed E-state index contributed by atoms with van der Waals surface area (Å²) < 4.78 is 38.6. The summed E-state index contributed by atoms with van der Waals surface area (Å²) in [6.07, 6.45) is -2.78. The van der Waals surface area contributed by atoms with Gasteiger partial charge in [-0.3, -0.25) is 0 Å². The van der Waals surface area contributed by atoms with Crippen molar-refractivity contribution >= 4 is 23.3 Å². The number of anilines is 1. The SMILES string of the molecule is O=C(NCc1ccc(Cl)nc1)N1CCN(c2cccc(C(F)(F)F)c2)CC1. The van der Waals surface area contributed by atoms with Crippen LogP contribution in [0, 0.1) is 0 Å². The molecule has 1 saturated heterocycles. The molecule has 2 aromatic rings. The van der Waals surface area contributed by atoms with Crippen molar-refractivity contribution in [1.29, 1.82) is 0 Å². The quantitative estimate of drug-likeness (QED) is 0.800. The molecule has 27 heavy (non-hydrogen) atoms. The third-order valence-electron chi connectivity index (χ3n) is 4.34. The van der Waals surface area contributed by atoms with Crippen molar-refractivity contribution in [2.75, 3.05) is 31.1 Å². The minimum Gasteiger partial charge on any atom is -0.368 e. The van der Waals surface area contributed by atoms with Crippen LogP contribution >= 0.6 is 11.6 Å². The highest BCUT2D eigenvalue weighted by Crippen LogP contribution is 2.31. The Morgan fingerprint density at radius 2 is 1.89 bits per heavy atom. The lowest BCUT2D eigenvalue weighted by molar-refractivity contribution is -0.137. The first-order valence-corrected chi connectivity index (χ1v) is 8.76. The molecule has 0 unspecified atom stereocenters. The van der Waals surface area contributed by atoms with Gasteiger partial charge in [0, 0.05) is 44.6 Å². The standard InChI is InChI=1S/C18H18ClF3N4O/c19-16-5-4-13(11-23-16)12-24-17(27)26-8-6-25(7-9-26)15-3-1-2-14(10-15)18(20,21)22/h1-5,10-11H,6-9,12H2,(H,24,27). The van der Waals surface area contributed by atoms with Crippen LogP contribution in [0.4, 0.5) is 23.7 Å². The lowest BCUT2D eigenvalue weighted by Gasteiger charge is -2.36. The van der Waals surface area contributed by atoms with E-state index >= 15 is 0 Å². The van der Waals surface area contributed by atoms with E-state index in [1.54, 1.807) is 29.3 Å². The first-order chi connectivity index (χ1) is 12.8. The molecule has 2 heterocycles. The van der Waals surface area contributed by atoms with Crippen LogP contribution in [0.15, 0.2) is 42.6 Å². The van der Waals surface area contributed by atoms with Crippen molar-refractivity contribution in [2.45, 2.75) is 12.7 Å². The van der Waals surface area contributed by atoms with Crippen molar-refractivity contribution in [3.63, 3.8) is 0 Å². The van der Waals surface area contributed by atoms with Gasteiger partial charge in [-0.15, -0.1) is 0 Å². The summed E-state index contributed by atoms with van der Waals surface area (Å²) >= 11 is 5.72. The molecule has 0 atom stereocenters. The van der Waals surface area contributed by atoms with Crippen LogP contribution in [0.1, 0.15) is 11.1 Å². The Labute approximate surface area is 159 Å². The lowest BCUT2D eigenvalue weighted by atomic mass is 10.1. The molecule has 1 aliphatic rings. The van der Waals surface area contributed by atoms with Gasteiger partial charge in [0.2, 0.25) is 0 Å². The summed E-state index contributed by atoms with van der Waals surface area (Å²) in [6.45, 7) is 2.13. The Kier molecular flexibility index (Phi) is 5.74. The normalized spacial score (nSPS) is 15.0. The average molecular weight is 399 g/mol. The predicted molar refractivity (Wildman–Crippen MR) is 96.7 cm³/mol. The molecule has 0 aliphatic carbocycles. The van der Waals surface area contributed by atoms with E-state index in [9.17, 15) is 18.0 Å². The third kappa shape index (κ3) is 5.03. The fourth-order valence-corrected chi connectivity index (χ4v) is 2.96. The molecule has 1 aliphatic heterocycles. The summed E-state index contributed by atoms with van der Waals surface area (Å²) in [5, 5.41) is 3.19. The molecule has 0 radical (unpaired) electrons. The van der Waals surface area contributed by atoms with Crippen LogP contribution in [-0.4, -0.2) is 42.1 Å². The minimum atomic E-state index is -4.37. The number of pyridine rings is 1. The fraction of sp³-hybridized carbons (Fsp3) is 0.333. The number of hydrogen-bond donors (Lipinski definition) is 1. The molecule has 144 valence electrons. The zero-order valence-corrected chi connectivity index (χ0v) is 15.1. The van der Waals surface area contributed by atoms with Crippen molar-refractivity contribution in [2.24, 2.45) is 0 Å². The molecule has 1 fully saturated rings. The Balaban J connectivity index is 1.52. The third-order valence-corrected chi connectivity index (χ3v) is 4.56. The lowest BCUT2D eigenvalue weighted by Crippen LogP contribution is -2.51. The second-order valence-electron chi connectivity index (χ2n) is 6.17. The van der Waals surface area contributed by atoms with E-state index in [-0.39, 0.29) is 6.03 Å². The van der Waals surface area contributed by atoms with Gasteiger partial charge in [0.25, 0.3) is 0 Å². The number of piperazine rings is 1. The number of hydrogen-bond acceptors (Lipinski definition) is 3. The van der Waals surface area contributed by atoms with Gasteiger partial charge < -0.3 is 15.1 Å². The number of rotatable bonds is 3.